The van der Waals surface area contributed by atoms with Crippen LogP contribution in [0.4, 0.5) is 0 Å². The van der Waals surface area contributed by atoms with Gasteiger partial charge in [0, 0.05) is 24.2 Å². The fourth-order valence-corrected chi connectivity index (χ4v) is 3.52. The van der Waals surface area contributed by atoms with Crippen molar-refractivity contribution in [3.8, 4) is 0 Å². The van der Waals surface area contributed by atoms with Gasteiger partial charge in [-0.05, 0) is 37.0 Å². The fraction of sp³-hybridized carbons (Fsp3) is 0.259. The van der Waals surface area contributed by atoms with Crippen LogP contribution in [-0.4, -0.2) is 29.7 Å². The first-order valence-corrected chi connectivity index (χ1v) is 10.6. The van der Waals surface area contributed by atoms with Gasteiger partial charge in [0.05, 0.1) is 6.42 Å². The Hall–Kier alpha value is -3.20. The minimum Gasteiger partial charge on any atom is -0.342 e. The minimum atomic E-state index is -0.0188. The summed E-state index contributed by atoms with van der Waals surface area (Å²) < 4.78 is 0. The van der Waals surface area contributed by atoms with E-state index in [1.165, 1.54) is 11.1 Å². The predicted octanol–water partition coefficient (Wildman–Crippen LogP) is 5.25. The molecule has 154 valence electrons. The maximum Gasteiger partial charge on any atom is 0.226 e. The Balaban J connectivity index is 1.66. The molecule has 0 heterocycles. The summed E-state index contributed by atoms with van der Waals surface area (Å²) in [7, 11) is 0. The lowest BCUT2D eigenvalue weighted by molar-refractivity contribution is -0.130. The summed E-state index contributed by atoms with van der Waals surface area (Å²) in [5.41, 5.74) is 4.63. The van der Waals surface area contributed by atoms with Gasteiger partial charge in [-0.3, -0.25) is 9.59 Å². The van der Waals surface area contributed by atoms with Gasteiger partial charge in [-0.25, -0.2) is 0 Å². The number of aryl methyl sites for hydroxylation is 1. The molecule has 0 unspecified atom stereocenters. The third kappa shape index (κ3) is 5.90. The summed E-state index contributed by atoms with van der Waals surface area (Å²) in [4.78, 5) is 27.6. The van der Waals surface area contributed by atoms with Crippen LogP contribution >= 0.6 is 0 Å². The molecule has 0 aliphatic rings. The standard InChI is InChI=1S/C27H29NO2/c1-3-17-28(18-16-22-14-12-21(2)13-15-22)26(29)20-23-8-7-11-25(19-23)27(30)24-9-5-4-6-10-24/h4-15,19H,3,16-18,20H2,1-2H3. The highest BCUT2D eigenvalue weighted by atomic mass is 16.2. The molecule has 0 aliphatic carbocycles. The maximum absolute atomic E-state index is 13.0. The fourth-order valence-electron chi connectivity index (χ4n) is 3.52. The first-order valence-electron chi connectivity index (χ1n) is 10.6. The van der Waals surface area contributed by atoms with Crippen molar-refractivity contribution in [1.29, 1.82) is 0 Å². The quantitative estimate of drug-likeness (QED) is 0.461. The number of benzene rings is 3. The lowest BCUT2D eigenvalue weighted by Crippen LogP contribution is -2.34. The number of amides is 1. The SMILES string of the molecule is CCCN(CCc1ccc(C)cc1)C(=O)Cc1cccc(C(=O)c2ccccc2)c1. The number of nitrogens with zero attached hydrogens (tertiary/aromatic N) is 1. The molecule has 30 heavy (non-hydrogen) atoms. The van der Waals surface area contributed by atoms with Crippen LogP contribution in [0, 0.1) is 6.92 Å². The Labute approximate surface area is 179 Å². The first-order chi connectivity index (χ1) is 14.6. The Morgan fingerprint density at radius 2 is 1.47 bits per heavy atom. The van der Waals surface area contributed by atoms with Crippen molar-refractivity contribution in [2.75, 3.05) is 13.1 Å². The van der Waals surface area contributed by atoms with Crippen molar-refractivity contribution in [3.05, 3.63) is 107 Å². The van der Waals surface area contributed by atoms with Crippen LogP contribution in [0.5, 0.6) is 0 Å². The topological polar surface area (TPSA) is 37.4 Å². The van der Waals surface area contributed by atoms with E-state index in [1.54, 1.807) is 0 Å². The molecular formula is C27H29NO2. The van der Waals surface area contributed by atoms with E-state index in [0.717, 1.165) is 24.9 Å². The third-order valence-electron chi connectivity index (χ3n) is 5.22. The summed E-state index contributed by atoms with van der Waals surface area (Å²) in [6.07, 6.45) is 2.08. The molecule has 0 aromatic heterocycles. The van der Waals surface area contributed by atoms with Gasteiger partial charge in [0.1, 0.15) is 0 Å². The second-order valence-electron chi connectivity index (χ2n) is 7.69. The number of ketones is 1. The number of hydrogen-bond donors (Lipinski definition) is 0. The molecule has 3 aromatic rings. The molecule has 0 spiro atoms. The molecule has 0 saturated carbocycles. The summed E-state index contributed by atoms with van der Waals surface area (Å²) in [6, 6.07) is 25.1. The van der Waals surface area contributed by atoms with Gasteiger partial charge in [0.2, 0.25) is 5.91 Å². The van der Waals surface area contributed by atoms with E-state index >= 15 is 0 Å². The van der Waals surface area contributed by atoms with Crippen LogP contribution in [0.3, 0.4) is 0 Å². The number of carbonyl (C=O) groups is 2. The van der Waals surface area contributed by atoms with Crippen LogP contribution in [0.25, 0.3) is 0 Å². The van der Waals surface area contributed by atoms with Crippen molar-refractivity contribution >= 4 is 11.7 Å². The molecule has 3 nitrogen and oxygen atoms in total. The van der Waals surface area contributed by atoms with Crippen LogP contribution in [0.1, 0.15) is 46.0 Å². The van der Waals surface area contributed by atoms with Crippen LogP contribution in [-0.2, 0) is 17.6 Å². The van der Waals surface area contributed by atoms with Crippen LogP contribution in [0.2, 0.25) is 0 Å². The largest absolute Gasteiger partial charge is 0.342 e. The molecule has 3 heteroatoms. The molecule has 3 rings (SSSR count). The predicted molar refractivity (Wildman–Crippen MR) is 122 cm³/mol. The van der Waals surface area contributed by atoms with E-state index in [1.807, 2.05) is 59.5 Å². The van der Waals surface area contributed by atoms with Crippen molar-refractivity contribution in [1.82, 2.24) is 4.90 Å². The summed E-state index contributed by atoms with van der Waals surface area (Å²) in [6.45, 7) is 5.62. The Morgan fingerprint density at radius 3 is 2.17 bits per heavy atom. The van der Waals surface area contributed by atoms with E-state index < -0.39 is 0 Å². The monoisotopic (exact) mass is 399 g/mol. The lowest BCUT2D eigenvalue weighted by atomic mass is 10.00. The highest BCUT2D eigenvalue weighted by Gasteiger charge is 2.15. The third-order valence-corrected chi connectivity index (χ3v) is 5.22. The molecule has 0 atom stereocenters. The molecular weight excluding hydrogens is 370 g/mol. The zero-order chi connectivity index (χ0) is 21.3. The van der Waals surface area contributed by atoms with Crippen molar-refractivity contribution < 1.29 is 9.59 Å². The van der Waals surface area contributed by atoms with Crippen LogP contribution < -0.4 is 0 Å². The zero-order valence-electron chi connectivity index (χ0n) is 17.8. The van der Waals surface area contributed by atoms with E-state index in [0.29, 0.717) is 24.1 Å². The molecule has 1 amide bonds. The summed E-state index contributed by atoms with van der Waals surface area (Å²) in [5, 5.41) is 0. The molecule has 0 N–H and O–H groups in total. The molecule has 3 aromatic carbocycles. The van der Waals surface area contributed by atoms with Gasteiger partial charge in [-0.1, -0.05) is 85.3 Å². The Bertz CT molecular complexity index is 977. The van der Waals surface area contributed by atoms with Gasteiger partial charge >= 0.3 is 0 Å². The van der Waals surface area contributed by atoms with Crippen molar-refractivity contribution in [3.63, 3.8) is 0 Å². The van der Waals surface area contributed by atoms with Crippen molar-refractivity contribution in [2.45, 2.75) is 33.1 Å². The van der Waals surface area contributed by atoms with Gasteiger partial charge in [-0.15, -0.1) is 0 Å². The van der Waals surface area contributed by atoms with Gasteiger partial charge in [-0.2, -0.15) is 0 Å². The smallest absolute Gasteiger partial charge is 0.226 e. The summed E-state index contributed by atoms with van der Waals surface area (Å²) >= 11 is 0. The minimum absolute atomic E-state index is 0.0188. The van der Waals surface area contributed by atoms with E-state index in [9.17, 15) is 9.59 Å². The number of rotatable bonds is 9. The van der Waals surface area contributed by atoms with Gasteiger partial charge in [0.15, 0.2) is 5.78 Å². The van der Waals surface area contributed by atoms with E-state index in [2.05, 4.69) is 38.1 Å². The zero-order valence-corrected chi connectivity index (χ0v) is 17.8. The van der Waals surface area contributed by atoms with E-state index in [4.69, 9.17) is 0 Å². The highest BCUT2D eigenvalue weighted by molar-refractivity contribution is 6.09. The number of hydrogen-bond acceptors (Lipinski definition) is 2. The molecule has 0 bridgehead atoms. The average Bonchev–Trinajstić information content (AvgIpc) is 2.78. The highest BCUT2D eigenvalue weighted by Crippen LogP contribution is 2.14. The van der Waals surface area contributed by atoms with Crippen molar-refractivity contribution in [2.24, 2.45) is 0 Å². The second kappa shape index (κ2) is 10.5. The van der Waals surface area contributed by atoms with E-state index in [-0.39, 0.29) is 11.7 Å². The Morgan fingerprint density at radius 1 is 0.767 bits per heavy atom. The lowest BCUT2D eigenvalue weighted by Gasteiger charge is -2.22. The molecule has 0 radical (unpaired) electrons. The second-order valence-corrected chi connectivity index (χ2v) is 7.69. The molecule has 0 aliphatic heterocycles. The summed E-state index contributed by atoms with van der Waals surface area (Å²) in [5.74, 6) is 0.0861. The molecule has 0 saturated heterocycles. The normalized spacial score (nSPS) is 10.6. The molecule has 0 fully saturated rings. The average molecular weight is 400 g/mol. The maximum atomic E-state index is 13.0. The van der Waals surface area contributed by atoms with Gasteiger partial charge in [0.25, 0.3) is 0 Å². The Kier molecular flexibility index (Phi) is 7.56. The van der Waals surface area contributed by atoms with Gasteiger partial charge < -0.3 is 4.90 Å². The number of carbonyl (C=O) groups excluding carboxylic acids is 2. The first kappa shape index (κ1) is 21.5. The van der Waals surface area contributed by atoms with Crippen LogP contribution in [0.15, 0.2) is 78.9 Å².